The summed E-state index contributed by atoms with van der Waals surface area (Å²) in [5, 5.41) is 29.0. The molecular formula is C50H65N9O10. The lowest BCUT2D eigenvalue weighted by Gasteiger charge is -2.29. The molecule has 0 saturated carbocycles. The molecule has 10 N–H and O–H groups in total. The number of carbonyl (C=O) groups is 9. The maximum atomic E-state index is 14.0. The van der Waals surface area contributed by atoms with Gasteiger partial charge in [0.25, 0.3) is 0 Å². The van der Waals surface area contributed by atoms with Gasteiger partial charge in [0, 0.05) is 48.4 Å². The van der Waals surface area contributed by atoms with E-state index in [4.69, 9.17) is 5.73 Å². The summed E-state index contributed by atoms with van der Waals surface area (Å²) in [6.07, 6.45) is 2.34. The maximum Gasteiger partial charge on any atom is 0.245 e. The molecule has 3 aromatic rings. The minimum Gasteiger partial charge on any atom is -0.508 e. The van der Waals surface area contributed by atoms with E-state index in [0.29, 0.717) is 72.3 Å². The molecule has 6 atom stereocenters. The molecule has 19 heteroatoms. The van der Waals surface area contributed by atoms with Crippen molar-refractivity contribution < 1.29 is 48.3 Å². The lowest BCUT2D eigenvalue weighted by molar-refractivity contribution is -0.141. The van der Waals surface area contributed by atoms with Gasteiger partial charge < -0.3 is 53.0 Å². The smallest absolute Gasteiger partial charge is 0.245 e. The van der Waals surface area contributed by atoms with Gasteiger partial charge in [-0.15, -0.1) is 0 Å². The Bertz CT molecular complexity index is 2390. The fourth-order valence-electron chi connectivity index (χ4n) is 8.28. The van der Waals surface area contributed by atoms with E-state index in [9.17, 15) is 48.3 Å². The second-order valence-electron chi connectivity index (χ2n) is 18.0. The van der Waals surface area contributed by atoms with Crippen LogP contribution in [0.3, 0.4) is 0 Å². The second-order valence-corrected chi connectivity index (χ2v) is 18.0. The number of aromatic hydroxyl groups is 1. The zero-order valence-electron chi connectivity index (χ0n) is 39.8. The Balaban J connectivity index is 1.14. The third kappa shape index (κ3) is 14.2. The third-order valence-corrected chi connectivity index (χ3v) is 11.9. The maximum absolute atomic E-state index is 14.0. The number of phenols is 1. The van der Waals surface area contributed by atoms with Gasteiger partial charge in [0.2, 0.25) is 41.4 Å². The number of nitrogens with two attached hydrogens (primary N) is 1. The molecule has 2 aliphatic rings. The van der Waals surface area contributed by atoms with Gasteiger partial charge in [-0.2, -0.15) is 0 Å². The van der Waals surface area contributed by atoms with Crippen LogP contribution in [0.4, 0.5) is 5.69 Å². The number of amides is 7. The van der Waals surface area contributed by atoms with Crippen molar-refractivity contribution in [1.82, 2.24) is 36.8 Å². The van der Waals surface area contributed by atoms with E-state index in [1.807, 2.05) is 13.8 Å². The molecule has 69 heavy (non-hydrogen) atoms. The van der Waals surface area contributed by atoms with E-state index in [1.54, 1.807) is 61.5 Å². The number of benzene rings is 3. The van der Waals surface area contributed by atoms with Crippen LogP contribution in [-0.4, -0.2) is 125 Å². The van der Waals surface area contributed by atoms with Gasteiger partial charge in [-0.3, -0.25) is 43.2 Å². The van der Waals surface area contributed by atoms with E-state index in [-0.39, 0.29) is 54.9 Å². The van der Waals surface area contributed by atoms with Gasteiger partial charge in [-0.25, -0.2) is 0 Å². The van der Waals surface area contributed by atoms with Crippen LogP contribution in [0.15, 0.2) is 66.7 Å². The van der Waals surface area contributed by atoms with Crippen LogP contribution >= 0.6 is 0 Å². The SMILES string of the molecule is CCC[C@H](NC(=O)[C@H](Cc1ccc(O)cc1)NC(=O)[C@H](C)NC(=O)[C@H](C)N)C(=O)NCC(=O)N[C@@H](CC(C)C)C(=O)N1CCC[C@H]1C(=O)NCCCNc1cccc2c1C(=O)c1ccccc1C2=O. The lowest BCUT2D eigenvalue weighted by atomic mass is 9.83. The first-order chi connectivity index (χ1) is 32.9. The van der Waals surface area contributed by atoms with Gasteiger partial charge in [-0.1, -0.05) is 75.7 Å². The molecule has 7 amide bonds. The summed E-state index contributed by atoms with van der Waals surface area (Å²) in [5.74, 6) is -4.56. The summed E-state index contributed by atoms with van der Waals surface area (Å²) < 4.78 is 0. The third-order valence-electron chi connectivity index (χ3n) is 11.9. The number of ketones is 2. The van der Waals surface area contributed by atoms with Crippen molar-refractivity contribution in [2.75, 3.05) is 31.5 Å². The molecule has 3 aromatic carbocycles. The highest BCUT2D eigenvalue weighted by molar-refractivity contribution is 6.30. The van der Waals surface area contributed by atoms with Crippen molar-refractivity contribution >= 4 is 58.6 Å². The number of nitrogens with one attached hydrogen (secondary N) is 7. The van der Waals surface area contributed by atoms with Crippen LogP contribution in [-0.2, 0) is 40.0 Å². The van der Waals surface area contributed by atoms with E-state index in [1.165, 1.54) is 30.9 Å². The van der Waals surface area contributed by atoms with Crippen LogP contribution in [0.5, 0.6) is 5.75 Å². The van der Waals surface area contributed by atoms with E-state index >= 15 is 0 Å². The zero-order valence-corrected chi connectivity index (χ0v) is 39.8. The monoisotopic (exact) mass is 951 g/mol. The number of hydrogen-bond donors (Lipinski definition) is 9. The minimum atomic E-state index is -1.21. The minimum absolute atomic E-state index is 0.00291. The first-order valence-corrected chi connectivity index (χ1v) is 23.5. The number of hydrogen-bond acceptors (Lipinski definition) is 12. The number of nitrogens with zero attached hydrogens (tertiary/aromatic N) is 1. The molecule has 1 saturated heterocycles. The van der Waals surface area contributed by atoms with Gasteiger partial charge in [0.1, 0.15) is 36.0 Å². The first-order valence-electron chi connectivity index (χ1n) is 23.5. The largest absolute Gasteiger partial charge is 0.508 e. The molecular weight excluding hydrogens is 887 g/mol. The Morgan fingerprint density at radius 1 is 0.725 bits per heavy atom. The van der Waals surface area contributed by atoms with E-state index in [2.05, 4.69) is 37.2 Å². The highest BCUT2D eigenvalue weighted by atomic mass is 16.3. The highest BCUT2D eigenvalue weighted by Crippen LogP contribution is 2.32. The normalized spacial score (nSPS) is 16.2. The molecule has 0 unspecified atom stereocenters. The molecule has 19 nitrogen and oxygen atoms in total. The predicted octanol–water partition coefficient (Wildman–Crippen LogP) is 1.59. The fraction of sp³-hybridized carbons (Fsp3) is 0.460. The number of rotatable bonds is 23. The molecule has 0 spiro atoms. The average Bonchev–Trinajstić information content (AvgIpc) is 3.82. The molecule has 1 aliphatic heterocycles. The van der Waals surface area contributed by atoms with Crippen LogP contribution in [0.2, 0.25) is 0 Å². The topological polar surface area (TPSA) is 287 Å². The van der Waals surface area contributed by atoms with Crippen molar-refractivity contribution in [3.63, 3.8) is 0 Å². The van der Waals surface area contributed by atoms with Crippen LogP contribution in [0.25, 0.3) is 0 Å². The standard InChI is InChI=1S/C50H65N9O10/c1-6-12-37(57-48(67)38(26-31-18-20-32(60)21-19-31)58-46(65)30(5)55-45(64)29(4)51)47(66)54-27-41(61)56-39(25-28(2)3)50(69)59-24-10-17-40(59)49(68)53-23-11-22-52-36-16-9-15-35-42(36)44(63)34-14-8-7-13-33(34)43(35)62/h7-9,13-16,18-21,28-30,37-40,52,60H,6,10-12,17,22-27,51H2,1-5H3,(H,53,68)(H,54,66)(H,55,64)(H,56,61)(H,57,67)(H,58,65)/t29-,30-,37-,38-,39-,40-/m0/s1. The first kappa shape index (κ1) is 52.8. The molecule has 0 bridgehead atoms. The molecule has 1 fully saturated rings. The van der Waals surface area contributed by atoms with Crippen LogP contribution in [0, 0.1) is 5.92 Å². The van der Waals surface area contributed by atoms with Crippen molar-refractivity contribution in [2.45, 2.75) is 116 Å². The molecule has 0 aromatic heterocycles. The van der Waals surface area contributed by atoms with Gasteiger partial charge in [-0.05, 0) is 75.6 Å². The number of likely N-dealkylation sites (tertiary alicyclic amines) is 1. The quantitative estimate of drug-likeness (QED) is 0.0480. The second kappa shape index (κ2) is 24.7. The Morgan fingerprint density at radius 3 is 2.06 bits per heavy atom. The van der Waals surface area contributed by atoms with Crippen LogP contribution in [0.1, 0.15) is 111 Å². The molecule has 0 radical (unpaired) electrons. The van der Waals surface area contributed by atoms with E-state index < -0.39 is 78.2 Å². The Hall–Kier alpha value is -7.15. The highest BCUT2D eigenvalue weighted by Gasteiger charge is 2.38. The number of carbonyl (C=O) groups excluding carboxylic acids is 9. The van der Waals surface area contributed by atoms with Crippen molar-refractivity contribution in [2.24, 2.45) is 11.7 Å². The zero-order chi connectivity index (χ0) is 50.4. The summed E-state index contributed by atoms with van der Waals surface area (Å²) in [4.78, 5) is 121. The van der Waals surface area contributed by atoms with Crippen LogP contribution < -0.4 is 43.0 Å². The Labute approximate surface area is 401 Å². The predicted molar refractivity (Wildman–Crippen MR) is 257 cm³/mol. The number of anilines is 1. The lowest BCUT2D eigenvalue weighted by Crippen LogP contribution is -2.58. The fourth-order valence-corrected chi connectivity index (χ4v) is 8.28. The summed E-state index contributed by atoms with van der Waals surface area (Å²) in [5.41, 5.74) is 8.10. The Morgan fingerprint density at radius 2 is 1.39 bits per heavy atom. The molecule has 370 valence electrons. The van der Waals surface area contributed by atoms with Gasteiger partial charge >= 0.3 is 0 Å². The molecule has 1 aliphatic carbocycles. The van der Waals surface area contributed by atoms with Gasteiger partial charge in [0.15, 0.2) is 11.6 Å². The van der Waals surface area contributed by atoms with Crippen molar-refractivity contribution in [3.05, 3.63) is 94.5 Å². The summed E-state index contributed by atoms with van der Waals surface area (Å²) >= 11 is 0. The molecule has 1 heterocycles. The summed E-state index contributed by atoms with van der Waals surface area (Å²) in [6.45, 7) is 8.90. The molecule has 5 rings (SSSR count). The van der Waals surface area contributed by atoms with Crippen molar-refractivity contribution in [3.8, 4) is 5.75 Å². The number of fused-ring (bicyclic) bond motifs is 2. The van der Waals surface area contributed by atoms with E-state index in [0.717, 1.165) is 0 Å². The Kier molecular flexibility index (Phi) is 18.9. The summed E-state index contributed by atoms with van der Waals surface area (Å²) in [6, 6.07) is 11.8. The summed E-state index contributed by atoms with van der Waals surface area (Å²) in [7, 11) is 0. The average molecular weight is 952 g/mol. The van der Waals surface area contributed by atoms with Gasteiger partial charge in [0.05, 0.1) is 18.2 Å². The number of phenolic OH excluding ortho intramolecular Hbond substituents is 1. The van der Waals surface area contributed by atoms with Crippen molar-refractivity contribution in [1.29, 1.82) is 0 Å².